The Kier molecular flexibility index (Phi) is 3.86. The van der Waals surface area contributed by atoms with Gasteiger partial charge in [-0.1, -0.05) is 0 Å². The van der Waals surface area contributed by atoms with Gasteiger partial charge in [-0.25, -0.2) is 0 Å². The number of nitrogen functional groups attached to an aromatic ring is 1. The van der Waals surface area contributed by atoms with Crippen LogP contribution in [0.25, 0.3) is 0 Å². The number of nitrogens with zero attached hydrogens (tertiary/aromatic N) is 2. The average molecular weight is 283 g/mol. The van der Waals surface area contributed by atoms with Crippen molar-refractivity contribution >= 4 is 17.1 Å². The Morgan fingerprint density at radius 1 is 0.762 bits per heavy atom. The maximum atomic E-state index is 5.74. The fourth-order valence-corrected chi connectivity index (χ4v) is 2.70. The van der Waals surface area contributed by atoms with Crippen LogP contribution in [0.4, 0.5) is 17.1 Å². The van der Waals surface area contributed by atoms with Crippen molar-refractivity contribution in [2.45, 2.75) is 0 Å². The Balaban J connectivity index is 1.62. The van der Waals surface area contributed by atoms with Crippen LogP contribution in [-0.4, -0.2) is 33.3 Å². The highest BCUT2D eigenvalue weighted by atomic mass is 16.5. The van der Waals surface area contributed by atoms with Crippen molar-refractivity contribution in [3.05, 3.63) is 48.5 Å². The van der Waals surface area contributed by atoms with Gasteiger partial charge in [0.25, 0.3) is 0 Å². The van der Waals surface area contributed by atoms with Crippen LogP contribution in [0.5, 0.6) is 5.75 Å². The SMILES string of the molecule is COc1ccc(N2CCN(c3ccc(N)cc3)CC2)cc1. The third-order valence-corrected chi connectivity index (χ3v) is 3.98. The molecule has 2 aromatic rings. The van der Waals surface area contributed by atoms with Crippen molar-refractivity contribution in [2.24, 2.45) is 0 Å². The first-order chi connectivity index (χ1) is 10.3. The van der Waals surface area contributed by atoms with Crippen LogP contribution in [0.3, 0.4) is 0 Å². The summed E-state index contributed by atoms with van der Waals surface area (Å²) in [5, 5.41) is 0. The molecule has 0 bridgehead atoms. The fourth-order valence-electron chi connectivity index (χ4n) is 2.70. The standard InChI is InChI=1S/C17H21N3O/c1-21-17-8-6-16(7-9-17)20-12-10-19(11-13-20)15-4-2-14(18)3-5-15/h2-9H,10-13,18H2,1H3. The van der Waals surface area contributed by atoms with Crippen LogP contribution in [-0.2, 0) is 0 Å². The summed E-state index contributed by atoms with van der Waals surface area (Å²) in [4.78, 5) is 4.81. The van der Waals surface area contributed by atoms with Gasteiger partial charge in [0.1, 0.15) is 5.75 Å². The number of methoxy groups -OCH3 is 1. The van der Waals surface area contributed by atoms with Crippen LogP contribution in [0.1, 0.15) is 0 Å². The molecule has 0 radical (unpaired) electrons. The van der Waals surface area contributed by atoms with Gasteiger partial charge in [-0.2, -0.15) is 0 Å². The van der Waals surface area contributed by atoms with Gasteiger partial charge in [0.15, 0.2) is 0 Å². The van der Waals surface area contributed by atoms with Crippen LogP contribution in [0.2, 0.25) is 0 Å². The molecule has 1 heterocycles. The van der Waals surface area contributed by atoms with Crippen LogP contribution in [0.15, 0.2) is 48.5 Å². The second kappa shape index (κ2) is 5.95. The number of hydrogen-bond donors (Lipinski definition) is 1. The molecule has 110 valence electrons. The van der Waals surface area contributed by atoms with E-state index in [1.807, 2.05) is 24.3 Å². The Labute approximate surface area is 125 Å². The summed E-state index contributed by atoms with van der Waals surface area (Å²) in [6.45, 7) is 4.10. The van der Waals surface area contributed by atoms with E-state index < -0.39 is 0 Å². The molecule has 0 aromatic heterocycles. The van der Waals surface area contributed by atoms with Crippen molar-refractivity contribution in [3.63, 3.8) is 0 Å². The molecule has 1 aliphatic rings. The van der Waals surface area contributed by atoms with E-state index in [1.54, 1.807) is 7.11 Å². The van der Waals surface area contributed by atoms with Crippen LogP contribution < -0.4 is 20.3 Å². The van der Waals surface area contributed by atoms with Crippen LogP contribution in [0, 0.1) is 0 Å². The third-order valence-electron chi connectivity index (χ3n) is 3.98. The lowest BCUT2D eigenvalue weighted by molar-refractivity contribution is 0.415. The van der Waals surface area contributed by atoms with E-state index in [0.29, 0.717) is 0 Å². The minimum Gasteiger partial charge on any atom is -0.497 e. The highest BCUT2D eigenvalue weighted by Crippen LogP contribution is 2.23. The summed E-state index contributed by atoms with van der Waals surface area (Å²) in [6.07, 6.45) is 0. The van der Waals surface area contributed by atoms with E-state index in [2.05, 4.69) is 34.1 Å². The number of nitrogens with two attached hydrogens (primary N) is 1. The van der Waals surface area contributed by atoms with E-state index in [4.69, 9.17) is 10.5 Å². The largest absolute Gasteiger partial charge is 0.497 e. The first-order valence-electron chi connectivity index (χ1n) is 7.26. The van der Waals surface area contributed by atoms with Crippen LogP contribution >= 0.6 is 0 Å². The van der Waals surface area contributed by atoms with Gasteiger partial charge in [0, 0.05) is 43.2 Å². The summed E-state index contributed by atoms with van der Waals surface area (Å²) in [6, 6.07) is 16.4. The zero-order valence-corrected chi connectivity index (χ0v) is 12.3. The maximum Gasteiger partial charge on any atom is 0.119 e. The topological polar surface area (TPSA) is 41.7 Å². The van der Waals surface area contributed by atoms with Gasteiger partial charge >= 0.3 is 0 Å². The molecule has 3 rings (SSSR count). The zero-order valence-electron chi connectivity index (χ0n) is 12.3. The van der Waals surface area contributed by atoms with Gasteiger partial charge < -0.3 is 20.3 Å². The smallest absolute Gasteiger partial charge is 0.119 e. The van der Waals surface area contributed by atoms with Gasteiger partial charge in [0.2, 0.25) is 0 Å². The Hall–Kier alpha value is -2.36. The molecule has 0 amide bonds. The number of rotatable bonds is 3. The predicted molar refractivity (Wildman–Crippen MR) is 88.3 cm³/mol. The first kappa shape index (κ1) is 13.6. The maximum absolute atomic E-state index is 5.74. The molecule has 21 heavy (non-hydrogen) atoms. The van der Waals surface area contributed by atoms with Crippen molar-refractivity contribution in [1.82, 2.24) is 0 Å². The second-order valence-electron chi connectivity index (χ2n) is 5.26. The normalized spacial score (nSPS) is 15.1. The highest BCUT2D eigenvalue weighted by molar-refractivity contribution is 5.55. The molecule has 4 heteroatoms. The minimum atomic E-state index is 0.815. The van der Waals surface area contributed by atoms with E-state index in [-0.39, 0.29) is 0 Å². The lowest BCUT2D eigenvalue weighted by Crippen LogP contribution is -2.46. The van der Waals surface area contributed by atoms with Crippen molar-refractivity contribution in [3.8, 4) is 5.75 Å². The minimum absolute atomic E-state index is 0.815. The first-order valence-corrected chi connectivity index (χ1v) is 7.26. The summed E-state index contributed by atoms with van der Waals surface area (Å²) < 4.78 is 5.20. The molecule has 4 nitrogen and oxygen atoms in total. The summed E-state index contributed by atoms with van der Waals surface area (Å²) in [5.74, 6) is 0.902. The molecule has 0 unspecified atom stereocenters. The number of piperazine rings is 1. The second-order valence-corrected chi connectivity index (χ2v) is 5.26. The summed E-state index contributed by atoms with van der Waals surface area (Å²) in [7, 11) is 1.69. The molecule has 0 aliphatic carbocycles. The van der Waals surface area contributed by atoms with Crippen molar-refractivity contribution in [2.75, 3.05) is 48.8 Å². The molecular formula is C17H21N3O. The van der Waals surface area contributed by atoms with Gasteiger partial charge in [0.05, 0.1) is 7.11 Å². The number of benzene rings is 2. The molecule has 0 saturated carbocycles. The molecule has 1 fully saturated rings. The summed E-state index contributed by atoms with van der Waals surface area (Å²) >= 11 is 0. The van der Waals surface area contributed by atoms with Gasteiger partial charge in [-0.3, -0.25) is 0 Å². The molecular weight excluding hydrogens is 262 g/mol. The highest BCUT2D eigenvalue weighted by Gasteiger charge is 2.17. The monoisotopic (exact) mass is 283 g/mol. The van der Waals surface area contributed by atoms with Gasteiger partial charge in [-0.05, 0) is 48.5 Å². The van der Waals surface area contributed by atoms with E-state index in [9.17, 15) is 0 Å². The lowest BCUT2D eigenvalue weighted by atomic mass is 10.2. The number of ether oxygens (including phenoxy) is 1. The summed E-state index contributed by atoms with van der Waals surface area (Å²) in [5.41, 5.74) is 9.06. The molecule has 1 aliphatic heterocycles. The van der Waals surface area contributed by atoms with Crippen molar-refractivity contribution in [1.29, 1.82) is 0 Å². The van der Waals surface area contributed by atoms with Gasteiger partial charge in [-0.15, -0.1) is 0 Å². The molecule has 0 spiro atoms. The molecule has 0 atom stereocenters. The molecule has 1 saturated heterocycles. The van der Waals surface area contributed by atoms with E-state index in [0.717, 1.165) is 37.6 Å². The Morgan fingerprint density at radius 2 is 1.19 bits per heavy atom. The number of anilines is 3. The lowest BCUT2D eigenvalue weighted by Gasteiger charge is -2.37. The fraction of sp³-hybridized carbons (Fsp3) is 0.294. The average Bonchev–Trinajstić information content (AvgIpc) is 2.56. The van der Waals surface area contributed by atoms with E-state index in [1.165, 1.54) is 11.4 Å². The van der Waals surface area contributed by atoms with Crippen molar-refractivity contribution < 1.29 is 4.74 Å². The third kappa shape index (κ3) is 3.05. The Bertz CT molecular complexity index is 572. The van der Waals surface area contributed by atoms with E-state index >= 15 is 0 Å². The quantitative estimate of drug-likeness (QED) is 0.879. The zero-order chi connectivity index (χ0) is 14.7. The molecule has 2 N–H and O–H groups in total. The Morgan fingerprint density at radius 3 is 1.62 bits per heavy atom. The predicted octanol–water partition coefficient (Wildman–Crippen LogP) is 2.60. The molecule has 2 aromatic carbocycles. The number of hydrogen-bond acceptors (Lipinski definition) is 4.